The minimum absolute atomic E-state index is 0.700. The van der Waals surface area contributed by atoms with E-state index in [2.05, 4.69) is 22.0 Å². The van der Waals surface area contributed by atoms with Crippen molar-refractivity contribution in [2.24, 2.45) is 0 Å². The van der Waals surface area contributed by atoms with Crippen LogP contribution in [0, 0.1) is 18.3 Å². The van der Waals surface area contributed by atoms with Gasteiger partial charge in [0.05, 0.1) is 5.56 Å². The van der Waals surface area contributed by atoms with E-state index in [-0.39, 0.29) is 0 Å². The number of hydrogen-bond donors (Lipinski definition) is 0. The quantitative estimate of drug-likeness (QED) is 0.759. The normalized spacial score (nSPS) is 9.81. The maximum Gasteiger partial charge on any atom is 0.101 e. The van der Waals surface area contributed by atoms with Crippen LogP contribution in [0.5, 0.6) is 0 Å². The number of rotatable bonds is 1. The van der Waals surface area contributed by atoms with Crippen LogP contribution < -0.4 is 0 Å². The third-order valence-corrected chi connectivity index (χ3v) is 3.55. The predicted octanol–water partition coefficient (Wildman–Crippen LogP) is 4.30. The molecule has 2 aromatic rings. The van der Waals surface area contributed by atoms with Crippen molar-refractivity contribution in [3.05, 3.63) is 58.1 Å². The molecule has 0 radical (unpaired) electrons. The van der Waals surface area contributed by atoms with Crippen molar-refractivity contribution in [1.82, 2.24) is 0 Å². The number of benzene rings is 2. The Balaban J connectivity index is 2.68. The molecule has 0 saturated heterocycles. The lowest BCUT2D eigenvalue weighted by Crippen LogP contribution is -1.88. The summed E-state index contributed by atoms with van der Waals surface area (Å²) in [7, 11) is 0. The fourth-order valence-electron chi connectivity index (χ4n) is 1.65. The smallest absolute Gasteiger partial charge is 0.101 e. The van der Waals surface area contributed by atoms with Crippen LogP contribution in [0.2, 0.25) is 0 Å². The second-order valence-electron chi connectivity index (χ2n) is 3.60. The van der Waals surface area contributed by atoms with Gasteiger partial charge in [-0.15, -0.1) is 0 Å². The van der Waals surface area contributed by atoms with Crippen LogP contribution in [-0.4, -0.2) is 0 Å². The molecule has 0 unspecified atom stereocenters. The average molecular weight is 272 g/mol. The first-order valence-electron chi connectivity index (χ1n) is 4.98. The van der Waals surface area contributed by atoms with E-state index in [0.717, 1.165) is 21.2 Å². The molecule has 1 nitrogen and oxygen atoms in total. The molecule has 0 N–H and O–H groups in total. The van der Waals surface area contributed by atoms with Gasteiger partial charge in [-0.1, -0.05) is 42.5 Å². The van der Waals surface area contributed by atoms with Crippen LogP contribution >= 0.6 is 15.9 Å². The molecule has 0 bridgehead atoms. The molecule has 0 atom stereocenters. The van der Waals surface area contributed by atoms with E-state index < -0.39 is 0 Å². The molecule has 0 saturated carbocycles. The lowest BCUT2D eigenvalue weighted by Gasteiger charge is -2.08. The zero-order chi connectivity index (χ0) is 11.5. The van der Waals surface area contributed by atoms with Gasteiger partial charge in [-0.25, -0.2) is 0 Å². The molecule has 0 heterocycles. The van der Waals surface area contributed by atoms with E-state index in [1.807, 2.05) is 49.4 Å². The summed E-state index contributed by atoms with van der Waals surface area (Å²) < 4.78 is 0.886. The molecule has 0 amide bonds. The highest BCUT2D eigenvalue weighted by atomic mass is 79.9. The van der Waals surface area contributed by atoms with Crippen LogP contribution in [0.1, 0.15) is 11.1 Å². The minimum atomic E-state index is 0.700. The van der Waals surface area contributed by atoms with Crippen LogP contribution in [0.3, 0.4) is 0 Å². The molecular formula is C14H10BrN. The van der Waals surface area contributed by atoms with Crippen molar-refractivity contribution in [3.8, 4) is 17.2 Å². The summed E-state index contributed by atoms with van der Waals surface area (Å²) in [5.74, 6) is 0. The first-order chi connectivity index (χ1) is 7.74. The number of nitrogens with zero attached hydrogens (tertiary/aromatic N) is 1. The van der Waals surface area contributed by atoms with Crippen molar-refractivity contribution >= 4 is 15.9 Å². The van der Waals surface area contributed by atoms with Crippen molar-refractivity contribution in [1.29, 1.82) is 5.26 Å². The summed E-state index contributed by atoms with van der Waals surface area (Å²) in [6, 6.07) is 16.2. The summed E-state index contributed by atoms with van der Waals surface area (Å²) in [5, 5.41) is 9.21. The molecule has 0 aliphatic rings. The van der Waals surface area contributed by atoms with Crippen LogP contribution in [0.4, 0.5) is 0 Å². The third-order valence-electron chi connectivity index (χ3n) is 2.53. The van der Waals surface area contributed by atoms with Gasteiger partial charge >= 0.3 is 0 Å². The Kier molecular flexibility index (Phi) is 3.07. The Morgan fingerprint density at radius 3 is 2.38 bits per heavy atom. The molecule has 16 heavy (non-hydrogen) atoms. The fourth-order valence-corrected chi connectivity index (χ4v) is 2.08. The van der Waals surface area contributed by atoms with Gasteiger partial charge < -0.3 is 0 Å². The monoisotopic (exact) mass is 271 g/mol. The van der Waals surface area contributed by atoms with Crippen LogP contribution in [-0.2, 0) is 0 Å². The lowest BCUT2D eigenvalue weighted by molar-refractivity contribution is 1.38. The van der Waals surface area contributed by atoms with Gasteiger partial charge in [0.15, 0.2) is 0 Å². The first-order valence-corrected chi connectivity index (χ1v) is 5.78. The standard InChI is InChI=1S/C14H10BrN/c1-10-7-8-12(13(9-16)14(10)15)11-5-3-2-4-6-11/h2-8H,1H3. The Morgan fingerprint density at radius 1 is 1.06 bits per heavy atom. The van der Waals surface area contributed by atoms with Crippen molar-refractivity contribution in [3.63, 3.8) is 0 Å². The molecule has 0 aromatic heterocycles. The summed E-state index contributed by atoms with van der Waals surface area (Å²) in [6.07, 6.45) is 0. The van der Waals surface area contributed by atoms with E-state index in [1.165, 1.54) is 0 Å². The lowest BCUT2D eigenvalue weighted by atomic mass is 9.99. The molecule has 0 aliphatic carbocycles. The van der Waals surface area contributed by atoms with Gasteiger partial charge in [0.1, 0.15) is 6.07 Å². The molecule has 0 aliphatic heterocycles. The topological polar surface area (TPSA) is 23.8 Å². The van der Waals surface area contributed by atoms with Crippen molar-refractivity contribution < 1.29 is 0 Å². The molecule has 2 aromatic carbocycles. The average Bonchev–Trinajstić information content (AvgIpc) is 2.33. The van der Waals surface area contributed by atoms with Gasteiger partial charge in [-0.3, -0.25) is 0 Å². The highest BCUT2D eigenvalue weighted by Crippen LogP contribution is 2.30. The van der Waals surface area contributed by atoms with E-state index in [1.54, 1.807) is 0 Å². The van der Waals surface area contributed by atoms with Crippen molar-refractivity contribution in [2.75, 3.05) is 0 Å². The van der Waals surface area contributed by atoms with Gasteiger partial charge in [-0.2, -0.15) is 5.26 Å². The SMILES string of the molecule is Cc1ccc(-c2ccccc2)c(C#N)c1Br. The van der Waals surface area contributed by atoms with Gasteiger partial charge in [0.25, 0.3) is 0 Å². The summed E-state index contributed by atoms with van der Waals surface area (Å²) in [6.45, 7) is 1.99. The molecule has 0 fully saturated rings. The maximum atomic E-state index is 9.21. The number of aryl methyl sites for hydroxylation is 1. The van der Waals surface area contributed by atoms with Crippen LogP contribution in [0.25, 0.3) is 11.1 Å². The van der Waals surface area contributed by atoms with Crippen molar-refractivity contribution in [2.45, 2.75) is 6.92 Å². The first kappa shape index (κ1) is 10.9. The van der Waals surface area contributed by atoms with E-state index in [0.29, 0.717) is 5.56 Å². The molecular weight excluding hydrogens is 262 g/mol. The molecule has 0 spiro atoms. The van der Waals surface area contributed by atoms with E-state index in [9.17, 15) is 5.26 Å². The summed E-state index contributed by atoms with van der Waals surface area (Å²) in [5.41, 5.74) is 3.82. The van der Waals surface area contributed by atoms with Gasteiger partial charge in [-0.05, 0) is 34.0 Å². The maximum absolute atomic E-state index is 9.21. The molecule has 2 heteroatoms. The Morgan fingerprint density at radius 2 is 1.75 bits per heavy atom. The number of halogens is 1. The summed E-state index contributed by atoms with van der Waals surface area (Å²) in [4.78, 5) is 0. The summed E-state index contributed by atoms with van der Waals surface area (Å²) >= 11 is 3.47. The zero-order valence-corrected chi connectivity index (χ0v) is 10.5. The predicted molar refractivity (Wildman–Crippen MR) is 69.0 cm³/mol. The second kappa shape index (κ2) is 4.51. The number of hydrogen-bond acceptors (Lipinski definition) is 1. The molecule has 2 rings (SSSR count). The fraction of sp³-hybridized carbons (Fsp3) is 0.0714. The minimum Gasteiger partial charge on any atom is -0.192 e. The number of nitriles is 1. The van der Waals surface area contributed by atoms with E-state index >= 15 is 0 Å². The van der Waals surface area contributed by atoms with E-state index in [4.69, 9.17) is 0 Å². The largest absolute Gasteiger partial charge is 0.192 e. The van der Waals surface area contributed by atoms with Gasteiger partial charge in [0.2, 0.25) is 0 Å². The zero-order valence-electron chi connectivity index (χ0n) is 8.87. The Labute approximate surface area is 103 Å². The Bertz CT molecular complexity index is 553. The third kappa shape index (κ3) is 1.87. The second-order valence-corrected chi connectivity index (χ2v) is 4.39. The highest BCUT2D eigenvalue weighted by molar-refractivity contribution is 9.10. The van der Waals surface area contributed by atoms with Gasteiger partial charge in [0, 0.05) is 10.0 Å². The van der Waals surface area contributed by atoms with Crippen LogP contribution in [0.15, 0.2) is 46.9 Å². The highest BCUT2D eigenvalue weighted by Gasteiger charge is 2.09. The molecule has 78 valence electrons. The Hall–Kier alpha value is -1.59.